The van der Waals surface area contributed by atoms with Crippen LogP contribution in [0.2, 0.25) is 0 Å². The Morgan fingerprint density at radius 3 is 2.60 bits per heavy atom. The molecule has 2 nitrogen and oxygen atoms in total. The maximum absolute atomic E-state index is 10.7. The summed E-state index contributed by atoms with van der Waals surface area (Å²) in [6.45, 7) is 0.576. The first-order valence-corrected chi connectivity index (χ1v) is 3.85. The number of hydrogen-bond donors (Lipinski definition) is 0. The minimum atomic E-state index is -0.878. The third-order valence-corrected chi connectivity index (χ3v) is 1.50. The molecule has 10 heavy (non-hydrogen) atoms. The summed E-state index contributed by atoms with van der Waals surface area (Å²) in [5.41, 5.74) is 0. The van der Waals surface area contributed by atoms with Gasteiger partial charge in [0.05, 0.1) is 0 Å². The van der Waals surface area contributed by atoms with Crippen molar-refractivity contribution in [2.75, 3.05) is 13.7 Å². The molecule has 0 aromatic heterocycles. The molecule has 0 rings (SSSR count). The van der Waals surface area contributed by atoms with Gasteiger partial charge in [-0.25, -0.2) is 0 Å². The van der Waals surface area contributed by atoms with Crippen molar-refractivity contribution in [1.82, 2.24) is 0 Å². The van der Waals surface area contributed by atoms with Crippen LogP contribution in [-0.2, 0) is 9.53 Å². The van der Waals surface area contributed by atoms with Gasteiger partial charge in [-0.05, 0) is 6.42 Å². The highest BCUT2D eigenvalue weighted by atomic mass is 35.5. The van der Waals surface area contributed by atoms with Gasteiger partial charge in [0.1, 0.15) is 0 Å². The third kappa shape index (κ3) is 5.03. The molecule has 0 aliphatic carbocycles. The molecule has 0 unspecified atom stereocenters. The highest BCUT2D eigenvalue weighted by Crippen LogP contribution is 2.06. The SMILES string of the molecule is COCCCC(=O)C(Cl)Cl. The summed E-state index contributed by atoms with van der Waals surface area (Å²) in [6.07, 6.45) is 1.08. The van der Waals surface area contributed by atoms with Crippen molar-refractivity contribution in [2.45, 2.75) is 17.7 Å². The molecular formula is C6H10Cl2O2. The van der Waals surface area contributed by atoms with Crippen molar-refractivity contribution in [2.24, 2.45) is 0 Å². The zero-order valence-corrected chi connectivity index (χ0v) is 7.28. The molecule has 0 aromatic rings. The van der Waals surface area contributed by atoms with Crippen molar-refractivity contribution in [3.8, 4) is 0 Å². The monoisotopic (exact) mass is 184 g/mol. The van der Waals surface area contributed by atoms with E-state index in [1.807, 2.05) is 0 Å². The standard InChI is InChI=1S/C6H10Cl2O2/c1-10-4-2-3-5(9)6(7)8/h6H,2-4H2,1H3. The molecule has 0 atom stereocenters. The Hall–Kier alpha value is 0.210. The summed E-state index contributed by atoms with van der Waals surface area (Å²) >= 11 is 10.6. The van der Waals surface area contributed by atoms with E-state index in [2.05, 4.69) is 0 Å². The number of halogens is 2. The lowest BCUT2D eigenvalue weighted by Gasteiger charge is -1.98. The number of ether oxygens (including phenoxy) is 1. The lowest BCUT2D eigenvalue weighted by molar-refractivity contribution is -0.117. The van der Waals surface area contributed by atoms with Gasteiger partial charge in [-0.2, -0.15) is 0 Å². The average Bonchev–Trinajstić information content (AvgIpc) is 1.88. The first kappa shape index (κ1) is 10.2. The fourth-order valence-corrected chi connectivity index (χ4v) is 0.718. The number of carbonyl (C=O) groups is 1. The summed E-state index contributed by atoms with van der Waals surface area (Å²) in [5, 5.41) is 0. The molecular weight excluding hydrogens is 175 g/mol. The lowest BCUT2D eigenvalue weighted by atomic mass is 10.2. The van der Waals surface area contributed by atoms with E-state index in [9.17, 15) is 4.79 Å². The molecule has 60 valence electrons. The van der Waals surface area contributed by atoms with E-state index in [0.29, 0.717) is 19.4 Å². The van der Waals surface area contributed by atoms with Gasteiger partial charge < -0.3 is 4.74 Å². The summed E-state index contributed by atoms with van der Waals surface area (Å²) < 4.78 is 4.73. The van der Waals surface area contributed by atoms with Crippen molar-refractivity contribution in [1.29, 1.82) is 0 Å². The van der Waals surface area contributed by atoms with Crippen molar-refractivity contribution in [3.05, 3.63) is 0 Å². The molecule has 0 aliphatic heterocycles. The molecule has 0 aromatic carbocycles. The Labute approximate surface area is 70.4 Å². The van der Waals surface area contributed by atoms with Crippen molar-refractivity contribution >= 4 is 29.0 Å². The molecule has 0 aliphatic rings. The first-order chi connectivity index (χ1) is 4.68. The van der Waals surface area contributed by atoms with E-state index >= 15 is 0 Å². The summed E-state index contributed by atoms with van der Waals surface area (Å²) in [6, 6.07) is 0. The van der Waals surface area contributed by atoms with Crippen LogP contribution in [0.3, 0.4) is 0 Å². The van der Waals surface area contributed by atoms with Crippen LogP contribution in [0.15, 0.2) is 0 Å². The second-order valence-corrected chi connectivity index (χ2v) is 2.96. The molecule has 0 bridgehead atoms. The summed E-state index contributed by atoms with van der Waals surface area (Å²) in [4.78, 5) is 9.82. The van der Waals surface area contributed by atoms with Crippen LogP contribution in [-0.4, -0.2) is 24.3 Å². The Bertz CT molecular complexity index is 104. The van der Waals surface area contributed by atoms with Gasteiger partial charge in [-0.15, -0.1) is 0 Å². The molecule has 0 spiro atoms. The molecule has 0 fully saturated rings. The minimum absolute atomic E-state index is 0.139. The van der Waals surface area contributed by atoms with Crippen LogP contribution in [0.25, 0.3) is 0 Å². The highest BCUT2D eigenvalue weighted by molar-refractivity contribution is 6.53. The summed E-state index contributed by atoms with van der Waals surface area (Å²) in [7, 11) is 1.59. The number of ketones is 1. The number of hydrogen-bond acceptors (Lipinski definition) is 2. The number of carbonyl (C=O) groups excluding carboxylic acids is 1. The average molecular weight is 185 g/mol. The molecule has 0 N–H and O–H groups in total. The van der Waals surface area contributed by atoms with Crippen LogP contribution < -0.4 is 0 Å². The molecule has 0 saturated carbocycles. The van der Waals surface area contributed by atoms with Crippen LogP contribution >= 0.6 is 23.2 Å². The Morgan fingerprint density at radius 2 is 2.20 bits per heavy atom. The normalized spacial score (nSPS) is 10.4. The Balaban J connectivity index is 3.22. The number of rotatable bonds is 5. The molecule has 0 radical (unpaired) electrons. The molecule has 0 heterocycles. The fourth-order valence-electron chi connectivity index (χ4n) is 0.500. The van der Waals surface area contributed by atoms with E-state index in [-0.39, 0.29) is 5.78 Å². The van der Waals surface area contributed by atoms with Gasteiger partial charge in [0.25, 0.3) is 0 Å². The Kier molecular flexibility index (Phi) is 6.08. The topological polar surface area (TPSA) is 26.3 Å². The highest BCUT2D eigenvalue weighted by Gasteiger charge is 2.09. The van der Waals surface area contributed by atoms with E-state index in [4.69, 9.17) is 27.9 Å². The van der Waals surface area contributed by atoms with Crippen LogP contribution in [0.4, 0.5) is 0 Å². The van der Waals surface area contributed by atoms with Crippen LogP contribution in [0.5, 0.6) is 0 Å². The zero-order chi connectivity index (χ0) is 7.98. The van der Waals surface area contributed by atoms with Crippen LogP contribution in [0, 0.1) is 0 Å². The summed E-state index contributed by atoms with van der Waals surface area (Å²) in [5.74, 6) is -0.139. The number of Topliss-reactive ketones (excluding diaryl/α,β-unsaturated/α-hetero) is 1. The van der Waals surface area contributed by atoms with Crippen molar-refractivity contribution < 1.29 is 9.53 Å². The fraction of sp³-hybridized carbons (Fsp3) is 0.833. The Morgan fingerprint density at radius 1 is 1.60 bits per heavy atom. The first-order valence-electron chi connectivity index (χ1n) is 2.98. The largest absolute Gasteiger partial charge is 0.385 e. The predicted octanol–water partition coefficient (Wildman–Crippen LogP) is 1.79. The lowest BCUT2D eigenvalue weighted by Crippen LogP contribution is -2.08. The van der Waals surface area contributed by atoms with Gasteiger partial charge in [-0.3, -0.25) is 4.79 Å². The van der Waals surface area contributed by atoms with E-state index in [0.717, 1.165) is 0 Å². The number of methoxy groups -OCH3 is 1. The zero-order valence-electron chi connectivity index (χ0n) is 5.77. The smallest absolute Gasteiger partial charge is 0.165 e. The second kappa shape index (κ2) is 5.96. The van der Waals surface area contributed by atoms with E-state index < -0.39 is 4.84 Å². The van der Waals surface area contributed by atoms with Gasteiger partial charge >= 0.3 is 0 Å². The molecule has 4 heteroatoms. The maximum Gasteiger partial charge on any atom is 0.165 e. The second-order valence-electron chi connectivity index (χ2n) is 1.86. The molecule has 0 saturated heterocycles. The van der Waals surface area contributed by atoms with Crippen molar-refractivity contribution in [3.63, 3.8) is 0 Å². The van der Waals surface area contributed by atoms with E-state index in [1.165, 1.54) is 0 Å². The quantitative estimate of drug-likeness (QED) is 0.482. The maximum atomic E-state index is 10.7. The van der Waals surface area contributed by atoms with Crippen LogP contribution in [0.1, 0.15) is 12.8 Å². The van der Waals surface area contributed by atoms with E-state index in [1.54, 1.807) is 7.11 Å². The van der Waals surface area contributed by atoms with Gasteiger partial charge in [0.15, 0.2) is 10.6 Å². The minimum Gasteiger partial charge on any atom is -0.385 e. The predicted molar refractivity (Wildman–Crippen MR) is 41.6 cm³/mol. The third-order valence-electron chi connectivity index (χ3n) is 1.02. The van der Waals surface area contributed by atoms with Gasteiger partial charge in [0.2, 0.25) is 0 Å². The number of alkyl halides is 2. The molecule has 0 amide bonds. The van der Waals surface area contributed by atoms with Gasteiger partial charge in [-0.1, -0.05) is 23.2 Å². The van der Waals surface area contributed by atoms with Gasteiger partial charge in [0, 0.05) is 20.1 Å².